The number of aliphatic hydroxyl groups is 3. The first-order valence-corrected chi connectivity index (χ1v) is 22.1. The predicted molar refractivity (Wildman–Crippen MR) is 228 cm³/mol. The van der Waals surface area contributed by atoms with E-state index in [1.807, 2.05) is 113 Å². The minimum absolute atomic E-state index is 0.0462. The molecule has 1 spiro atoms. The number of hydrogen-bond donors (Lipinski definition) is 4. The summed E-state index contributed by atoms with van der Waals surface area (Å²) in [5, 5.41) is 38.3. The highest BCUT2D eigenvalue weighted by molar-refractivity contribution is 5.94. The van der Waals surface area contributed by atoms with Gasteiger partial charge in [-0.2, -0.15) is 0 Å². The summed E-state index contributed by atoms with van der Waals surface area (Å²) in [4.78, 5) is 32.2. The van der Waals surface area contributed by atoms with E-state index < -0.39 is 77.6 Å². The van der Waals surface area contributed by atoms with Crippen LogP contribution in [0.3, 0.4) is 0 Å². The number of benzene rings is 2. The van der Waals surface area contributed by atoms with Crippen LogP contribution in [0.15, 0.2) is 54.6 Å². The Morgan fingerprint density at radius 3 is 2.22 bits per heavy atom. The molecule has 2 bridgehead atoms. The number of likely N-dealkylation sites (tertiary alicyclic amines) is 1. The molecule has 13 heteroatoms. The summed E-state index contributed by atoms with van der Waals surface area (Å²) in [6.07, 6.45) is -3.94. The smallest absolute Gasteiger partial charge is 0.311 e. The van der Waals surface area contributed by atoms with Crippen LogP contribution in [0.2, 0.25) is 0 Å². The molecule has 4 heterocycles. The van der Waals surface area contributed by atoms with Crippen molar-refractivity contribution in [1.29, 1.82) is 0 Å². The van der Waals surface area contributed by atoms with E-state index in [0.717, 1.165) is 11.1 Å². The van der Waals surface area contributed by atoms with Crippen molar-refractivity contribution in [3.63, 3.8) is 0 Å². The first-order valence-electron chi connectivity index (χ1n) is 22.1. The molecule has 1 amide bonds. The summed E-state index contributed by atoms with van der Waals surface area (Å²) in [5.74, 6) is -3.31. The number of carbonyl (C=O) groups is 2. The van der Waals surface area contributed by atoms with Crippen LogP contribution in [0.25, 0.3) is 11.1 Å². The highest BCUT2D eigenvalue weighted by Crippen LogP contribution is 2.48. The van der Waals surface area contributed by atoms with E-state index in [9.17, 15) is 24.9 Å². The van der Waals surface area contributed by atoms with E-state index in [-0.39, 0.29) is 30.4 Å². The van der Waals surface area contributed by atoms with Crippen LogP contribution in [0.4, 0.5) is 0 Å². The normalized spacial score (nSPS) is 39.4. The van der Waals surface area contributed by atoms with Crippen LogP contribution in [0, 0.1) is 17.8 Å². The van der Waals surface area contributed by atoms with Gasteiger partial charge in [-0.25, -0.2) is 0 Å². The number of carbonyl (C=O) groups excluding carboxylic acids is 2. The van der Waals surface area contributed by atoms with Gasteiger partial charge in [-0.1, -0.05) is 63.2 Å². The fraction of sp³-hybridized carbons (Fsp3) is 0.702. The van der Waals surface area contributed by atoms with E-state index in [0.29, 0.717) is 50.9 Å². The maximum absolute atomic E-state index is 14.4. The monoisotopic (exact) mass is 838 g/mol. The Kier molecular flexibility index (Phi) is 14.6. The van der Waals surface area contributed by atoms with Crippen molar-refractivity contribution in [2.24, 2.45) is 17.8 Å². The van der Waals surface area contributed by atoms with Crippen molar-refractivity contribution < 1.29 is 48.6 Å². The van der Waals surface area contributed by atoms with Gasteiger partial charge < -0.3 is 54.1 Å². The second-order valence-electron chi connectivity index (χ2n) is 18.9. The lowest BCUT2D eigenvalue weighted by Crippen LogP contribution is -2.60. The van der Waals surface area contributed by atoms with Gasteiger partial charge in [0.15, 0.2) is 12.1 Å². The van der Waals surface area contributed by atoms with Crippen LogP contribution in [-0.4, -0.2) is 143 Å². The van der Waals surface area contributed by atoms with Gasteiger partial charge in [0.05, 0.1) is 29.8 Å². The average Bonchev–Trinajstić information content (AvgIpc) is 3.30. The first-order chi connectivity index (χ1) is 28.3. The molecule has 60 heavy (non-hydrogen) atoms. The number of rotatable bonds is 6. The van der Waals surface area contributed by atoms with Crippen molar-refractivity contribution in [1.82, 2.24) is 15.1 Å². The first kappa shape index (κ1) is 46.5. The molecule has 0 aromatic heterocycles. The number of esters is 1. The van der Waals surface area contributed by atoms with Crippen molar-refractivity contribution in [3.8, 4) is 11.1 Å². The van der Waals surface area contributed by atoms with Crippen molar-refractivity contribution in [3.05, 3.63) is 60.2 Å². The lowest BCUT2D eigenvalue weighted by atomic mass is 9.78. The summed E-state index contributed by atoms with van der Waals surface area (Å²) in [6, 6.07) is 17.0. The minimum atomic E-state index is -1.75. The van der Waals surface area contributed by atoms with Crippen LogP contribution in [0.1, 0.15) is 97.9 Å². The standard InChI is InChI=1S/C47H71N3O10/c1-11-37-46(8,55)40(52)32(6)48-27-28(2)26-45(7)41(58-44-38(51)36(49(9)10)25-29(3)56-44)30(4)39(31(5)43(54)57-37)59-47(60-45)21-23-50(24-22-47)42(53)35-19-17-34(18-20-35)33-15-13-12-14-16-33/h12-20,28-32,36-41,44,48,51-52,55H,11,21-27H2,1-10H3/t28-,29-,30+,31-,32-,36+,37-,38-,39+,40-,41-,44+,45-,46-/m1/s1. The summed E-state index contributed by atoms with van der Waals surface area (Å²) in [6.45, 7) is 16.1. The number of aliphatic hydroxyl groups excluding tert-OH is 2. The molecule has 2 aromatic rings. The van der Waals surface area contributed by atoms with Gasteiger partial charge in [0.1, 0.15) is 23.9 Å². The molecule has 4 N–H and O–H groups in total. The molecule has 13 nitrogen and oxygen atoms in total. The number of likely N-dealkylation sites (N-methyl/N-ethyl adjacent to an activating group) is 1. The lowest BCUT2D eigenvalue weighted by Gasteiger charge is -2.49. The van der Waals surface area contributed by atoms with Crippen LogP contribution < -0.4 is 5.32 Å². The molecule has 0 saturated carbocycles. The van der Waals surface area contributed by atoms with Gasteiger partial charge >= 0.3 is 5.97 Å². The van der Waals surface area contributed by atoms with E-state index in [1.54, 1.807) is 6.92 Å². The SMILES string of the molecule is CC[C@H]1OC(=O)[C@H](C)[C@H]2OC3(CCN(C(=O)c4ccc(-c5ccccc5)cc4)CC3)O[C@](C)(C[C@@H](C)CN[C@H](C)[C@@H](O)[C@]1(C)O)[C@H](O[C@@H]1O[C@H](C)C[C@H](N(C)C)[C@H]1O)[C@H]2C. The number of fused-ring (bicyclic) bond motifs is 3. The van der Waals surface area contributed by atoms with Gasteiger partial charge in [-0.3, -0.25) is 9.59 Å². The second kappa shape index (κ2) is 18.8. The van der Waals surface area contributed by atoms with Gasteiger partial charge in [0, 0.05) is 49.5 Å². The zero-order valence-electron chi connectivity index (χ0n) is 37.4. The molecule has 334 valence electrons. The largest absolute Gasteiger partial charge is 0.459 e. The molecule has 4 aliphatic rings. The van der Waals surface area contributed by atoms with Gasteiger partial charge in [-0.15, -0.1) is 0 Å². The van der Waals surface area contributed by atoms with Crippen molar-refractivity contribution in [2.45, 2.75) is 159 Å². The molecule has 0 radical (unpaired) electrons. The van der Waals surface area contributed by atoms with E-state index >= 15 is 0 Å². The summed E-state index contributed by atoms with van der Waals surface area (Å²) >= 11 is 0. The second-order valence-corrected chi connectivity index (χ2v) is 18.9. The van der Waals surface area contributed by atoms with E-state index in [1.165, 1.54) is 6.92 Å². The van der Waals surface area contributed by atoms with Crippen molar-refractivity contribution in [2.75, 3.05) is 33.7 Å². The maximum Gasteiger partial charge on any atom is 0.311 e. The third kappa shape index (κ3) is 9.80. The summed E-state index contributed by atoms with van der Waals surface area (Å²) in [5.41, 5.74) is -0.114. The Hall–Kier alpha value is -2.98. The fourth-order valence-corrected chi connectivity index (χ4v) is 10.2. The average molecular weight is 838 g/mol. The number of piperidine rings is 1. The molecule has 2 aromatic carbocycles. The Morgan fingerprint density at radius 2 is 1.60 bits per heavy atom. The third-order valence-electron chi connectivity index (χ3n) is 13.7. The molecular formula is C47H71N3O10. The quantitative estimate of drug-likeness (QED) is 0.289. The highest BCUT2D eigenvalue weighted by Gasteiger charge is 2.58. The van der Waals surface area contributed by atoms with Crippen LogP contribution in [-0.2, 0) is 28.5 Å². The van der Waals surface area contributed by atoms with E-state index in [2.05, 4.69) is 12.2 Å². The number of amides is 1. The molecule has 0 aliphatic carbocycles. The predicted octanol–water partition coefficient (Wildman–Crippen LogP) is 5.00. The molecule has 14 atom stereocenters. The molecule has 0 unspecified atom stereocenters. The zero-order chi connectivity index (χ0) is 43.7. The van der Waals surface area contributed by atoms with E-state index in [4.69, 9.17) is 23.7 Å². The number of cyclic esters (lactones) is 1. The van der Waals surface area contributed by atoms with Crippen molar-refractivity contribution >= 4 is 11.9 Å². The van der Waals surface area contributed by atoms with Crippen LogP contribution in [0.5, 0.6) is 0 Å². The molecule has 4 saturated heterocycles. The number of nitrogens with one attached hydrogen (secondary N) is 1. The number of ether oxygens (including phenoxy) is 5. The Labute approximate surface area is 357 Å². The maximum atomic E-state index is 14.4. The molecule has 6 rings (SSSR count). The lowest BCUT2D eigenvalue weighted by molar-refractivity contribution is -0.331. The molecule has 4 fully saturated rings. The zero-order valence-corrected chi connectivity index (χ0v) is 37.4. The number of nitrogens with zero attached hydrogens (tertiary/aromatic N) is 2. The highest BCUT2D eigenvalue weighted by atomic mass is 16.7. The van der Waals surface area contributed by atoms with Gasteiger partial charge in [0.2, 0.25) is 0 Å². The van der Waals surface area contributed by atoms with Gasteiger partial charge in [-0.05, 0) is 104 Å². The number of hydrogen-bond acceptors (Lipinski definition) is 12. The minimum Gasteiger partial charge on any atom is -0.459 e. The fourth-order valence-electron chi connectivity index (χ4n) is 10.2. The Bertz CT molecular complexity index is 1740. The molecular weight excluding hydrogens is 767 g/mol. The molecule has 4 aliphatic heterocycles. The summed E-state index contributed by atoms with van der Waals surface area (Å²) < 4.78 is 34.1. The van der Waals surface area contributed by atoms with Crippen LogP contribution >= 0.6 is 0 Å². The third-order valence-corrected chi connectivity index (χ3v) is 13.7. The Balaban J connectivity index is 1.36. The van der Waals surface area contributed by atoms with Gasteiger partial charge in [0.25, 0.3) is 5.91 Å². The topological polar surface area (TPSA) is 159 Å². The Morgan fingerprint density at radius 1 is 0.967 bits per heavy atom. The summed E-state index contributed by atoms with van der Waals surface area (Å²) in [7, 11) is 3.87.